The molecule has 0 unspecified atom stereocenters. The average molecular weight is 263 g/mol. The number of nitrogens with two attached hydrogens (primary N) is 1. The molecule has 0 spiro atoms. The highest BCUT2D eigenvalue weighted by molar-refractivity contribution is 6.31. The molecule has 0 aliphatic rings. The van der Waals surface area contributed by atoms with E-state index in [0.29, 0.717) is 18.2 Å². The molecule has 0 amide bonds. The molecule has 2 aromatic rings. The Labute approximate surface area is 112 Å². The molecule has 0 radical (unpaired) electrons. The molecule has 2 N–H and O–H groups in total. The molecule has 1 aromatic carbocycles. The van der Waals surface area contributed by atoms with Gasteiger partial charge < -0.3 is 10.5 Å². The summed E-state index contributed by atoms with van der Waals surface area (Å²) < 4.78 is 5.76. The van der Waals surface area contributed by atoms with E-state index in [4.69, 9.17) is 22.1 Å². The number of hydrogen-bond acceptors (Lipinski definition) is 3. The number of rotatable bonds is 4. The van der Waals surface area contributed by atoms with Crippen LogP contribution in [0.1, 0.15) is 16.7 Å². The highest BCUT2D eigenvalue weighted by Crippen LogP contribution is 2.22. The molecule has 0 bridgehead atoms. The van der Waals surface area contributed by atoms with Crippen molar-refractivity contribution in [1.82, 2.24) is 4.98 Å². The zero-order valence-corrected chi connectivity index (χ0v) is 10.9. The number of benzene rings is 1. The Kier molecular flexibility index (Phi) is 4.18. The summed E-state index contributed by atoms with van der Waals surface area (Å²) in [4.78, 5) is 3.94. The Bertz CT molecular complexity index is 543. The smallest absolute Gasteiger partial charge is 0.124 e. The normalized spacial score (nSPS) is 10.4. The van der Waals surface area contributed by atoms with E-state index in [1.807, 2.05) is 31.2 Å². The van der Waals surface area contributed by atoms with Gasteiger partial charge in [0.25, 0.3) is 0 Å². The second kappa shape index (κ2) is 5.85. The molecule has 3 nitrogen and oxygen atoms in total. The Morgan fingerprint density at radius 3 is 2.83 bits per heavy atom. The van der Waals surface area contributed by atoms with Crippen LogP contribution in [0.5, 0.6) is 5.75 Å². The fourth-order valence-corrected chi connectivity index (χ4v) is 1.86. The summed E-state index contributed by atoms with van der Waals surface area (Å²) in [6.07, 6.45) is 3.31. The second-order valence-electron chi connectivity index (χ2n) is 4.07. The van der Waals surface area contributed by atoms with Gasteiger partial charge in [-0.05, 0) is 19.1 Å². The average Bonchev–Trinajstić information content (AvgIpc) is 2.39. The minimum Gasteiger partial charge on any atom is -0.489 e. The van der Waals surface area contributed by atoms with Crippen molar-refractivity contribution in [3.05, 3.63) is 58.4 Å². The van der Waals surface area contributed by atoms with Crippen LogP contribution < -0.4 is 10.5 Å². The lowest BCUT2D eigenvalue weighted by atomic mass is 10.1. The van der Waals surface area contributed by atoms with Gasteiger partial charge in [0.15, 0.2) is 0 Å². The van der Waals surface area contributed by atoms with Crippen LogP contribution in [0.3, 0.4) is 0 Å². The van der Waals surface area contributed by atoms with Crippen LogP contribution in [0.15, 0.2) is 36.7 Å². The first-order chi connectivity index (χ1) is 8.70. The van der Waals surface area contributed by atoms with E-state index >= 15 is 0 Å². The molecule has 0 aliphatic heterocycles. The maximum Gasteiger partial charge on any atom is 0.124 e. The van der Waals surface area contributed by atoms with Gasteiger partial charge in [0.2, 0.25) is 0 Å². The lowest BCUT2D eigenvalue weighted by molar-refractivity contribution is 0.303. The Morgan fingerprint density at radius 2 is 2.11 bits per heavy atom. The molecular formula is C14H15ClN2O. The lowest BCUT2D eigenvalue weighted by Gasteiger charge is -2.11. The molecule has 0 saturated heterocycles. The minimum atomic E-state index is 0.414. The van der Waals surface area contributed by atoms with Crippen molar-refractivity contribution in [2.45, 2.75) is 20.1 Å². The van der Waals surface area contributed by atoms with Crippen molar-refractivity contribution in [2.75, 3.05) is 0 Å². The molecular weight excluding hydrogens is 248 g/mol. The van der Waals surface area contributed by atoms with E-state index < -0.39 is 0 Å². The standard InChI is InChI=1S/C14H15ClN2O/c1-10-2-3-14(12(6-10)7-16)18-9-11-4-5-17-8-13(11)15/h2-6,8H,7,9,16H2,1H3. The van der Waals surface area contributed by atoms with E-state index in [1.54, 1.807) is 12.4 Å². The summed E-state index contributed by atoms with van der Waals surface area (Å²) in [6.45, 7) is 2.90. The first-order valence-corrected chi connectivity index (χ1v) is 6.09. The van der Waals surface area contributed by atoms with Gasteiger partial charge in [0, 0.05) is 30.1 Å². The first-order valence-electron chi connectivity index (χ1n) is 5.71. The number of pyridine rings is 1. The van der Waals surface area contributed by atoms with Gasteiger partial charge in [-0.25, -0.2) is 0 Å². The highest BCUT2D eigenvalue weighted by atomic mass is 35.5. The second-order valence-corrected chi connectivity index (χ2v) is 4.48. The fourth-order valence-electron chi connectivity index (χ4n) is 1.69. The maximum absolute atomic E-state index is 6.02. The number of hydrogen-bond donors (Lipinski definition) is 1. The summed E-state index contributed by atoms with van der Waals surface area (Å²) in [5, 5.41) is 0.610. The number of nitrogens with zero attached hydrogens (tertiary/aromatic N) is 1. The van der Waals surface area contributed by atoms with Gasteiger partial charge >= 0.3 is 0 Å². The van der Waals surface area contributed by atoms with Gasteiger partial charge in [-0.2, -0.15) is 0 Å². The van der Waals surface area contributed by atoms with Gasteiger partial charge in [0.05, 0.1) is 5.02 Å². The molecule has 0 saturated carbocycles. The Hall–Kier alpha value is -1.58. The predicted octanol–water partition coefficient (Wildman–Crippen LogP) is 3.08. The topological polar surface area (TPSA) is 48.1 Å². The summed E-state index contributed by atoms with van der Waals surface area (Å²) in [5.74, 6) is 0.802. The third-order valence-corrected chi connectivity index (χ3v) is 3.02. The molecule has 1 heterocycles. The first kappa shape index (κ1) is 12.9. The van der Waals surface area contributed by atoms with Crippen molar-refractivity contribution in [1.29, 1.82) is 0 Å². The van der Waals surface area contributed by atoms with E-state index in [1.165, 1.54) is 5.56 Å². The summed E-state index contributed by atoms with van der Waals surface area (Å²) in [7, 11) is 0. The molecule has 18 heavy (non-hydrogen) atoms. The van der Waals surface area contributed by atoms with Crippen molar-refractivity contribution in [2.24, 2.45) is 5.73 Å². The summed E-state index contributed by atoms with van der Waals surface area (Å²) in [5.41, 5.74) is 8.79. The van der Waals surface area contributed by atoms with Crippen molar-refractivity contribution >= 4 is 11.6 Å². The third-order valence-electron chi connectivity index (χ3n) is 2.68. The number of aryl methyl sites for hydroxylation is 1. The number of aromatic nitrogens is 1. The van der Waals surface area contributed by atoms with E-state index in [9.17, 15) is 0 Å². The summed E-state index contributed by atoms with van der Waals surface area (Å²) in [6, 6.07) is 7.82. The molecule has 94 valence electrons. The number of halogens is 1. The van der Waals surface area contributed by atoms with E-state index in [2.05, 4.69) is 4.98 Å². The minimum absolute atomic E-state index is 0.414. The summed E-state index contributed by atoms with van der Waals surface area (Å²) >= 11 is 6.02. The van der Waals surface area contributed by atoms with Gasteiger partial charge in [0.1, 0.15) is 12.4 Å². The molecule has 4 heteroatoms. The lowest BCUT2D eigenvalue weighted by Crippen LogP contribution is -2.03. The van der Waals surface area contributed by atoms with Crippen LogP contribution in [-0.2, 0) is 13.2 Å². The largest absolute Gasteiger partial charge is 0.489 e. The van der Waals surface area contributed by atoms with Gasteiger partial charge in [-0.15, -0.1) is 0 Å². The monoisotopic (exact) mass is 262 g/mol. The van der Waals surface area contributed by atoms with Crippen LogP contribution in [0.25, 0.3) is 0 Å². The van der Waals surface area contributed by atoms with Crippen LogP contribution >= 0.6 is 11.6 Å². The van der Waals surface area contributed by atoms with Gasteiger partial charge in [-0.3, -0.25) is 4.98 Å². The molecule has 2 rings (SSSR count). The SMILES string of the molecule is Cc1ccc(OCc2ccncc2Cl)c(CN)c1. The van der Waals surface area contributed by atoms with Crippen LogP contribution in [0.2, 0.25) is 5.02 Å². The molecule has 0 atom stereocenters. The molecule has 0 aliphatic carbocycles. The number of ether oxygens (including phenoxy) is 1. The Morgan fingerprint density at radius 1 is 1.28 bits per heavy atom. The van der Waals surface area contributed by atoms with Crippen molar-refractivity contribution in [3.63, 3.8) is 0 Å². The zero-order valence-electron chi connectivity index (χ0n) is 10.2. The Balaban J connectivity index is 2.13. The van der Waals surface area contributed by atoms with E-state index in [0.717, 1.165) is 16.9 Å². The molecule has 1 aromatic heterocycles. The van der Waals surface area contributed by atoms with Gasteiger partial charge in [-0.1, -0.05) is 29.3 Å². The highest BCUT2D eigenvalue weighted by Gasteiger charge is 2.05. The third kappa shape index (κ3) is 3.00. The molecule has 0 fully saturated rings. The van der Waals surface area contributed by atoms with Crippen LogP contribution in [-0.4, -0.2) is 4.98 Å². The van der Waals surface area contributed by atoms with E-state index in [-0.39, 0.29) is 0 Å². The fraction of sp³-hybridized carbons (Fsp3) is 0.214. The quantitative estimate of drug-likeness (QED) is 0.921. The van der Waals surface area contributed by atoms with Crippen molar-refractivity contribution < 1.29 is 4.74 Å². The van der Waals surface area contributed by atoms with Crippen LogP contribution in [0, 0.1) is 6.92 Å². The zero-order chi connectivity index (χ0) is 13.0. The van der Waals surface area contributed by atoms with Crippen molar-refractivity contribution in [3.8, 4) is 5.75 Å². The van der Waals surface area contributed by atoms with Crippen LogP contribution in [0.4, 0.5) is 0 Å². The predicted molar refractivity (Wildman–Crippen MR) is 72.6 cm³/mol. The maximum atomic E-state index is 6.02.